The predicted molar refractivity (Wildman–Crippen MR) is 65.6 cm³/mol. The molecular formula is C12H21N5. The van der Waals surface area contributed by atoms with E-state index >= 15 is 0 Å². The van der Waals surface area contributed by atoms with Gasteiger partial charge in [0.25, 0.3) is 0 Å². The maximum atomic E-state index is 4.14. The Morgan fingerprint density at radius 1 is 1.29 bits per heavy atom. The maximum absolute atomic E-state index is 4.14. The quantitative estimate of drug-likeness (QED) is 0.831. The van der Waals surface area contributed by atoms with E-state index < -0.39 is 0 Å². The smallest absolute Gasteiger partial charge is 0.147 e. The number of hydrogen-bond acceptors (Lipinski definition) is 4. The van der Waals surface area contributed by atoms with Crippen LogP contribution in [0.15, 0.2) is 6.33 Å². The van der Waals surface area contributed by atoms with Crippen molar-refractivity contribution in [2.45, 2.75) is 44.8 Å². The van der Waals surface area contributed by atoms with Crippen molar-refractivity contribution in [2.24, 2.45) is 0 Å². The molecule has 0 unspecified atom stereocenters. The van der Waals surface area contributed by atoms with Crippen molar-refractivity contribution in [3.63, 3.8) is 0 Å². The molecule has 0 radical (unpaired) electrons. The first kappa shape index (κ1) is 11.2. The van der Waals surface area contributed by atoms with E-state index in [-0.39, 0.29) is 0 Å². The summed E-state index contributed by atoms with van der Waals surface area (Å²) < 4.78 is 2.15. The normalized spacial score (nSPS) is 21.9. The van der Waals surface area contributed by atoms with Gasteiger partial charge in [0.1, 0.15) is 12.2 Å². The molecule has 1 aromatic heterocycles. The standard InChI is InChI=1S/C12H21N5/c1-2-4-11(3-1)13-5-6-16-7-8-17-10-14-15-12(17)9-16/h10-11,13H,1-9H2. The van der Waals surface area contributed by atoms with E-state index in [4.69, 9.17) is 0 Å². The second-order valence-corrected chi connectivity index (χ2v) is 5.15. The van der Waals surface area contributed by atoms with E-state index in [9.17, 15) is 0 Å². The van der Waals surface area contributed by atoms with Gasteiger partial charge in [0.15, 0.2) is 0 Å². The van der Waals surface area contributed by atoms with Crippen LogP contribution in [0, 0.1) is 0 Å². The fraction of sp³-hybridized carbons (Fsp3) is 0.833. The molecule has 17 heavy (non-hydrogen) atoms. The molecule has 2 heterocycles. The SMILES string of the molecule is c1nnc2n1CCN(CCNC1CCCC1)C2. The molecule has 1 N–H and O–H groups in total. The van der Waals surface area contributed by atoms with Gasteiger partial charge in [-0.2, -0.15) is 0 Å². The Balaban J connectivity index is 1.41. The minimum absolute atomic E-state index is 0.781. The van der Waals surface area contributed by atoms with E-state index in [0.29, 0.717) is 0 Å². The largest absolute Gasteiger partial charge is 0.315 e. The Morgan fingerprint density at radius 2 is 2.18 bits per heavy atom. The summed E-state index contributed by atoms with van der Waals surface area (Å²) in [5.74, 6) is 1.11. The zero-order valence-electron chi connectivity index (χ0n) is 10.3. The van der Waals surface area contributed by atoms with E-state index in [0.717, 1.165) is 44.6 Å². The van der Waals surface area contributed by atoms with E-state index in [1.807, 2.05) is 6.33 Å². The van der Waals surface area contributed by atoms with Gasteiger partial charge in [0.2, 0.25) is 0 Å². The van der Waals surface area contributed by atoms with Crippen LogP contribution in [0.1, 0.15) is 31.5 Å². The summed E-state index contributed by atoms with van der Waals surface area (Å²) in [5, 5.41) is 11.8. The van der Waals surface area contributed by atoms with Crippen LogP contribution in [0.5, 0.6) is 0 Å². The first-order chi connectivity index (χ1) is 8.42. The van der Waals surface area contributed by atoms with Gasteiger partial charge in [-0.05, 0) is 12.8 Å². The summed E-state index contributed by atoms with van der Waals surface area (Å²) in [7, 11) is 0. The maximum Gasteiger partial charge on any atom is 0.147 e. The first-order valence-electron chi connectivity index (χ1n) is 6.74. The van der Waals surface area contributed by atoms with Gasteiger partial charge in [-0.1, -0.05) is 12.8 Å². The molecule has 1 fully saturated rings. The lowest BCUT2D eigenvalue weighted by molar-refractivity contribution is 0.215. The fourth-order valence-electron chi connectivity index (χ4n) is 2.86. The van der Waals surface area contributed by atoms with Crippen molar-refractivity contribution >= 4 is 0 Å². The number of nitrogens with zero attached hydrogens (tertiary/aromatic N) is 4. The Labute approximate surface area is 102 Å². The third kappa shape index (κ3) is 2.66. The topological polar surface area (TPSA) is 46.0 Å². The van der Waals surface area contributed by atoms with E-state index in [1.165, 1.54) is 25.7 Å². The summed E-state index contributed by atoms with van der Waals surface area (Å²) in [4.78, 5) is 2.46. The van der Waals surface area contributed by atoms with Gasteiger partial charge in [-0.25, -0.2) is 0 Å². The molecule has 2 aliphatic rings. The molecule has 3 rings (SSSR count). The summed E-state index contributed by atoms with van der Waals surface area (Å²) >= 11 is 0. The molecular weight excluding hydrogens is 214 g/mol. The average Bonchev–Trinajstić information content (AvgIpc) is 2.98. The molecule has 5 nitrogen and oxygen atoms in total. The highest BCUT2D eigenvalue weighted by Crippen LogP contribution is 2.17. The monoisotopic (exact) mass is 235 g/mol. The Bertz CT molecular complexity index is 356. The molecule has 0 aromatic carbocycles. The van der Waals surface area contributed by atoms with E-state index in [1.54, 1.807) is 0 Å². The zero-order valence-corrected chi connectivity index (χ0v) is 10.3. The van der Waals surface area contributed by atoms with Crippen LogP contribution in [-0.2, 0) is 13.1 Å². The fourth-order valence-corrected chi connectivity index (χ4v) is 2.86. The third-order valence-electron chi connectivity index (χ3n) is 3.93. The van der Waals surface area contributed by atoms with Gasteiger partial charge in [0, 0.05) is 32.2 Å². The summed E-state index contributed by atoms with van der Waals surface area (Å²) in [5.41, 5.74) is 0. The highest BCUT2D eigenvalue weighted by atomic mass is 15.3. The highest BCUT2D eigenvalue weighted by Gasteiger charge is 2.18. The predicted octanol–water partition coefficient (Wildman–Crippen LogP) is 0.626. The van der Waals surface area contributed by atoms with Gasteiger partial charge < -0.3 is 9.88 Å². The Hall–Kier alpha value is -0.940. The first-order valence-corrected chi connectivity index (χ1v) is 6.74. The number of rotatable bonds is 4. The molecule has 0 amide bonds. The van der Waals surface area contributed by atoms with Crippen molar-refractivity contribution in [1.82, 2.24) is 25.0 Å². The van der Waals surface area contributed by atoms with Crippen LogP contribution in [0.25, 0.3) is 0 Å². The van der Waals surface area contributed by atoms with Crippen molar-refractivity contribution < 1.29 is 0 Å². The molecule has 0 spiro atoms. The van der Waals surface area contributed by atoms with Crippen LogP contribution in [-0.4, -0.2) is 45.3 Å². The summed E-state index contributed by atoms with van der Waals surface area (Å²) in [6.07, 6.45) is 7.39. The summed E-state index contributed by atoms with van der Waals surface area (Å²) in [6.45, 7) is 5.34. The molecule has 5 heteroatoms. The minimum Gasteiger partial charge on any atom is -0.315 e. The Morgan fingerprint density at radius 3 is 3.06 bits per heavy atom. The third-order valence-corrected chi connectivity index (χ3v) is 3.93. The number of aromatic nitrogens is 3. The van der Waals surface area contributed by atoms with Crippen molar-refractivity contribution in [1.29, 1.82) is 0 Å². The summed E-state index contributed by atoms with van der Waals surface area (Å²) in [6, 6.07) is 0.781. The van der Waals surface area contributed by atoms with Gasteiger partial charge in [-0.15, -0.1) is 10.2 Å². The van der Waals surface area contributed by atoms with Crippen LogP contribution in [0.3, 0.4) is 0 Å². The molecule has 1 saturated carbocycles. The molecule has 1 aromatic rings. The molecule has 0 bridgehead atoms. The number of fused-ring (bicyclic) bond motifs is 1. The highest BCUT2D eigenvalue weighted by molar-refractivity contribution is 4.90. The van der Waals surface area contributed by atoms with Crippen molar-refractivity contribution in [2.75, 3.05) is 19.6 Å². The van der Waals surface area contributed by atoms with Crippen LogP contribution in [0.4, 0.5) is 0 Å². The zero-order chi connectivity index (χ0) is 11.5. The van der Waals surface area contributed by atoms with Crippen molar-refractivity contribution in [3.05, 3.63) is 12.2 Å². The molecule has 1 aliphatic carbocycles. The van der Waals surface area contributed by atoms with Gasteiger partial charge >= 0.3 is 0 Å². The molecule has 1 aliphatic heterocycles. The van der Waals surface area contributed by atoms with Gasteiger partial charge in [0.05, 0.1) is 6.54 Å². The van der Waals surface area contributed by atoms with Crippen LogP contribution < -0.4 is 5.32 Å². The second kappa shape index (κ2) is 5.14. The number of nitrogens with one attached hydrogen (secondary N) is 1. The minimum atomic E-state index is 0.781. The van der Waals surface area contributed by atoms with Crippen LogP contribution >= 0.6 is 0 Å². The van der Waals surface area contributed by atoms with Gasteiger partial charge in [-0.3, -0.25) is 4.90 Å². The second-order valence-electron chi connectivity index (χ2n) is 5.15. The molecule has 0 saturated heterocycles. The molecule has 0 atom stereocenters. The lowest BCUT2D eigenvalue weighted by Crippen LogP contribution is -2.40. The Kier molecular flexibility index (Phi) is 3.38. The van der Waals surface area contributed by atoms with Crippen LogP contribution in [0.2, 0.25) is 0 Å². The average molecular weight is 235 g/mol. The van der Waals surface area contributed by atoms with E-state index in [2.05, 4.69) is 25.0 Å². The number of hydrogen-bond donors (Lipinski definition) is 1. The molecule has 94 valence electrons. The van der Waals surface area contributed by atoms with Crippen molar-refractivity contribution in [3.8, 4) is 0 Å². The lowest BCUT2D eigenvalue weighted by Gasteiger charge is -2.27. The lowest BCUT2D eigenvalue weighted by atomic mass is 10.2.